The maximum absolute atomic E-state index is 10.1. The quantitative estimate of drug-likeness (QED) is 0.467. The van der Waals surface area contributed by atoms with Gasteiger partial charge in [0.15, 0.2) is 5.78 Å². The number of carbonyl (C=O) groups excluding carboxylic acids is 1. The average Bonchev–Trinajstić information content (AvgIpc) is 1.68. The molecule has 0 aromatic rings. The summed E-state index contributed by atoms with van der Waals surface area (Å²) in [4.78, 5) is 10.1. The topological polar surface area (TPSA) is 17.1 Å². The molecule has 0 aromatic heterocycles. The van der Waals surface area contributed by atoms with Crippen molar-refractivity contribution in [2.45, 2.75) is 0 Å². The van der Waals surface area contributed by atoms with E-state index < -0.39 is 0 Å². The van der Waals surface area contributed by atoms with Crippen LogP contribution in [0.5, 0.6) is 0 Å². The predicted octanol–water partition coefficient (Wildman–Crippen LogP) is 1.01. The summed E-state index contributed by atoms with van der Waals surface area (Å²) < 4.78 is 0. The first kappa shape index (κ1) is 6.15. The third kappa shape index (κ3) is 2.97. The van der Waals surface area contributed by atoms with Crippen LogP contribution in [0.15, 0.2) is 24.8 Å². The van der Waals surface area contributed by atoms with Crippen LogP contribution in [-0.2, 0) is 4.79 Å². The molecule has 0 rings (SSSR count). The Hall–Kier alpha value is -0.850. The van der Waals surface area contributed by atoms with Gasteiger partial charge in [-0.05, 0) is 19.1 Å². The molecule has 0 amide bonds. The standard InChI is InChI=1S/C6H6O/c1-3-5-6(7)4-2/h1,3-5H,2H2. The van der Waals surface area contributed by atoms with Crippen LogP contribution in [0, 0.1) is 6.92 Å². The van der Waals surface area contributed by atoms with Gasteiger partial charge in [-0.25, -0.2) is 0 Å². The molecule has 0 saturated heterocycles. The molecule has 0 atom stereocenters. The van der Waals surface area contributed by atoms with E-state index in [4.69, 9.17) is 6.92 Å². The average molecular weight is 94.1 g/mol. The van der Waals surface area contributed by atoms with Crippen molar-refractivity contribution >= 4 is 5.78 Å². The van der Waals surface area contributed by atoms with Crippen molar-refractivity contribution in [3.05, 3.63) is 31.7 Å². The van der Waals surface area contributed by atoms with Gasteiger partial charge in [0.25, 0.3) is 0 Å². The molecule has 0 saturated carbocycles. The largest absolute Gasteiger partial charge is 0.290 e. The van der Waals surface area contributed by atoms with Crippen molar-refractivity contribution in [3.8, 4) is 0 Å². The Morgan fingerprint density at radius 3 is 2.43 bits per heavy atom. The van der Waals surface area contributed by atoms with Crippen molar-refractivity contribution in [1.29, 1.82) is 0 Å². The van der Waals surface area contributed by atoms with E-state index in [-0.39, 0.29) is 5.78 Å². The molecule has 0 bridgehead atoms. The minimum Gasteiger partial charge on any atom is -0.290 e. The van der Waals surface area contributed by atoms with Crippen molar-refractivity contribution in [2.24, 2.45) is 0 Å². The van der Waals surface area contributed by atoms with Gasteiger partial charge >= 0.3 is 0 Å². The predicted molar refractivity (Wildman–Crippen MR) is 28.6 cm³/mol. The summed E-state index contributed by atoms with van der Waals surface area (Å²) in [5, 5.41) is 0. The highest BCUT2D eigenvalue weighted by molar-refractivity contribution is 5.98. The Bertz CT molecular complexity index is 101. The lowest BCUT2D eigenvalue weighted by Gasteiger charge is -1.71. The fraction of sp³-hybridized carbons (Fsp3) is 0. The van der Waals surface area contributed by atoms with Crippen LogP contribution in [-0.4, -0.2) is 5.78 Å². The minimum absolute atomic E-state index is 0.164. The molecule has 1 heteroatoms. The molecule has 0 aromatic carbocycles. The van der Waals surface area contributed by atoms with Gasteiger partial charge in [-0.2, -0.15) is 0 Å². The zero-order valence-electron chi connectivity index (χ0n) is 3.92. The van der Waals surface area contributed by atoms with Gasteiger partial charge < -0.3 is 0 Å². The molecule has 0 unspecified atom stereocenters. The molecule has 0 heterocycles. The smallest absolute Gasteiger partial charge is 0.177 e. The summed E-state index contributed by atoms with van der Waals surface area (Å²) in [5.41, 5.74) is 0. The first-order valence-corrected chi connectivity index (χ1v) is 1.86. The molecular formula is C6H6O. The molecule has 0 aliphatic heterocycles. The number of ketones is 1. The minimum atomic E-state index is -0.164. The zero-order chi connectivity index (χ0) is 5.70. The Balaban J connectivity index is 3.58. The van der Waals surface area contributed by atoms with Gasteiger partial charge in [0, 0.05) is 0 Å². The number of allylic oxidation sites excluding steroid dienone is 3. The van der Waals surface area contributed by atoms with Crippen LogP contribution < -0.4 is 0 Å². The van der Waals surface area contributed by atoms with Gasteiger partial charge in [0.05, 0.1) is 0 Å². The van der Waals surface area contributed by atoms with Crippen LogP contribution in [0.1, 0.15) is 0 Å². The van der Waals surface area contributed by atoms with E-state index in [1.54, 1.807) is 0 Å². The summed E-state index contributed by atoms with van der Waals surface area (Å²) in [7, 11) is 0. The number of hydrogen-bond donors (Lipinski definition) is 0. The molecule has 1 nitrogen and oxygen atoms in total. The Kier molecular flexibility index (Phi) is 2.94. The van der Waals surface area contributed by atoms with E-state index >= 15 is 0 Å². The third-order valence-electron chi connectivity index (χ3n) is 0.462. The maximum Gasteiger partial charge on any atom is 0.177 e. The first-order chi connectivity index (χ1) is 3.31. The molecule has 0 fully saturated rings. The van der Waals surface area contributed by atoms with Gasteiger partial charge in [0.2, 0.25) is 0 Å². The highest BCUT2D eigenvalue weighted by atomic mass is 16.1. The van der Waals surface area contributed by atoms with Crippen molar-refractivity contribution < 1.29 is 4.79 Å². The van der Waals surface area contributed by atoms with Crippen LogP contribution in [0.3, 0.4) is 0 Å². The molecule has 0 spiro atoms. The Morgan fingerprint density at radius 1 is 1.71 bits per heavy atom. The third-order valence-corrected chi connectivity index (χ3v) is 0.462. The lowest BCUT2D eigenvalue weighted by molar-refractivity contribution is -0.110. The van der Waals surface area contributed by atoms with E-state index in [1.807, 2.05) is 0 Å². The molecule has 2 radical (unpaired) electrons. The second-order valence-corrected chi connectivity index (χ2v) is 0.966. The van der Waals surface area contributed by atoms with E-state index in [0.717, 1.165) is 0 Å². The molecule has 7 heavy (non-hydrogen) atoms. The summed E-state index contributed by atoms with van der Waals surface area (Å²) in [6, 6.07) is 0. The van der Waals surface area contributed by atoms with Gasteiger partial charge in [0.1, 0.15) is 0 Å². The second kappa shape index (κ2) is 3.34. The summed E-state index contributed by atoms with van der Waals surface area (Å²) in [6.45, 7) is 8.08. The summed E-state index contributed by atoms with van der Waals surface area (Å²) >= 11 is 0. The van der Waals surface area contributed by atoms with Crippen molar-refractivity contribution in [2.75, 3.05) is 0 Å². The van der Waals surface area contributed by atoms with Crippen molar-refractivity contribution in [3.63, 3.8) is 0 Å². The van der Waals surface area contributed by atoms with Crippen LogP contribution in [0.25, 0.3) is 0 Å². The lowest BCUT2D eigenvalue weighted by Crippen LogP contribution is -1.80. The number of carbonyl (C=O) groups is 1. The number of hydrogen-bond acceptors (Lipinski definition) is 1. The molecular weight excluding hydrogens is 88.1 g/mol. The number of rotatable bonds is 2. The van der Waals surface area contributed by atoms with E-state index in [1.165, 1.54) is 18.2 Å². The van der Waals surface area contributed by atoms with Gasteiger partial charge in [-0.3, -0.25) is 4.79 Å². The summed E-state index contributed by atoms with van der Waals surface area (Å²) in [6.07, 6.45) is 3.63. The fourth-order valence-corrected chi connectivity index (χ4v) is 0.163. The monoisotopic (exact) mass is 94.0 g/mol. The molecule has 0 N–H and O–H groups in total. The van der Waals surface area contributed by atoms with Gasteiger partial charge in [-0.15, -0.1) is 0 Å². The lowest BCUT2D eigenvalue weighted by atomic mass is 10.3. The molecule has 36 valence electrons. The van der Waals surface area contributed by atoms with Gasteiger partial charge in [-0.1, -0.05) is 12.7 Å². The van der Waals surface area contributed by atoms with E-state index in [2.05, 4.69) is 6.58 Å². The van der Waals surface area contributed by atoms with E-state index in [9.17, 15) is 4.79 Å². The normalized spacial score (nSPS) is 9.29. The van der Waals surface area contributed by atoms with Crippen LogP contribution in [0.2, 0.25) is 0 Å². The first-order valence-electron chi connectivity index (χ1n) is 1.86. The maximum atomic E-state index is 10.1. The SMILES string of the molecule is [CH]C=CC(=O)C=C. The zero-order valence-corrected chi connectivity index (χ0v) is 3.92. The second-order valence-electron chi connectivity index (χ2n) is 0.966. The molecule has 0 aliphatic rings. The van der Waals surface area contributed by atoms with Crippen LogP contribution in [0.4, 0.5) is 0 Å². The highest BCUT2D eigenvalue weighted by Crippen LogP contribution is 1.73. The fourth-order valence-electron chi connectivity index (χ4n) is 0.163. The molecule has 0 aliphatic carbocycles. The Labute approximate surface area is 43.3 Å². The van der Waals surface area contributed by atoms with Crippen molar-refractivity contribution in [1.82, 2.24) is 0 Å². The summed E-state index contributed by atoms with van der Waals surface area (Å²) in [5.74, 6) is -0.164. The Morgan fingerprint density at radius 2 is 2.29 bits per heavy atom. The highest BCUT2D eigenvalue weighted by Gasteiger charge is 1.78. The van der Waals surface area contributed by atoms with Crippen LogP contribution >= 0.6 is 0 Å². The van der Waals surface area contributed by atoms with E-state index in [0.29, 0.717) is 0 Å².